The van der Waals surface area contributed by atoms with Gasteiger partial charge in [-0.2, -0.15) is 0 Å². The van der Waals surface area contributed by atoms with Gasteiger partial charge >= 0.3 is 0 Å². The predicted octanol–water partition coefficient (Wildman–Crippen LogP) is 3.09. The third-order valence-electron chi connectivity index (χ3n) is 7.69. The molecule has 4 heterocycles. The molecule has 164 valence electrons. The lowest BCUT2D eigenvalue weighted by Gasteiger charge is -2.36. The maximum atomic E-state index is 13.9. The molecule has 0 unspecified atom stereocenters. The summed E-state index contributed by atoms with van der Waals surface area (Å²) in [5.74, 6) is -1.48. The minimum Gasteiger partial charge on any atom is -0.497 e. The molecule has 0 aromatic heterocycles. The molecule has 4 aliphatic heterocycles. The number of benzene rings is 2. The van der Waals surface area contributed by atoms with Crippen LogP contribution in [0.4, 0.5) is 11.4 Å². The van der Waals surface area contributed by atoms with Crippen molar-refractivity contribution in [2.75, 3.05) is 23.9 Å². The molecule has 32 heavy (non-hydrogen) atoms. The van der Waals surface area contributed by atoms with Crippen LogP contribution in [0.25, 0.3) is 0 Å². The van der Waals surface area contributed by atoms with Gasteiger partial charge in [-0.25, -0.2) is 4.90 Å². The minimum atomic E-state index is -1.19. The van der Waals surface area contributed by atoms with Gasteiger partial charge in [-0.1, -0.05) is 17.7 Å². The summed E-state index contributed by atoms with van der Waals surface area (Å²) in [6.07, 6.45) is 1.67. The molecule has 3 amide bonds. The first kappa shape index (κ1) is 19.8. The van der Waals surface area contributed by atoms with Gasteiger partial charge in [0.15, 0.2) is 0 Å². The number of rotatable bonds is 2. The van der Waals surface area contributed by atoms with Crippen molar-refractivity contribution in [1.29, 1.82) is 0 Å². The largest absolute Gasteiger partial charge is 0.497 e. The molecular formula is C24H22ClN3O4. The summed E-state index contributed by atoms with van der Waals surface area (Å²) in [5.41, 5.74) is 1.50. The van der Waals surface area contributed by atoms with E-state index in [1.165, 1.54) is 4.90 Å². The summed E-state index contributed by atoms with van der Waals surface area (Å²) >= 11 is 6.33. The number of anilines is 2. The highest BCUT2D eigenvalue weighted by Crippen LogP contribution is 2.61. The lowest BCUT2D eigenvalue weighted by molar-refractivity contribution is -0.135. The zero-order valence-electron chi connectivity index (χ0n) is 17.7. The topological polar surface area (TPSA) is 78.9 Å². The van der Waals surface area contributed by atoms with Crippen LogP contribution >= 0.6 is 11.6 Å². The first-order valence-corrected chi connectivity index (χ1v) is 11.2. The van der Waals surface area contributed by atoms with Gasteiger partial charge in [0, 0.05) is 16.6 Å². The average Bonchev–Trinajstić information content (AvgIpc) is 3.50. The molecule has 3 saturated heterocycles. The maximum Gasteiger partial charge on any atom is 0.250 e. The molecule has 8 heteroatoms. The van der Waals surface area contributed by atoms with Crippen LogP contribution in [0, 0.1) is 18.8 Å². The Kier molecular flexibility index (Phi) is 4.05. The van der Waals surface area contributed by atoms with Crippen molar-refractivity contribution in [2.24, 2.45) is 11.8 Å². The van der Waals surface area contributed by atoms with E-state index in [1.807, 2.05) is 13.0 Å². The lowest BCUT2D eigenvalue weighted by Crippen LogP contribution is -2.54. The Balaban J connectivity index is 1.53. The lowest BCUT2D eigenvalue weighted by atomic mass is 9.75. The second-order valence-corrected chi connectivity index (χ2v) is 9.34. The molecule has 2 aromatic rings. The minimum absolute atomic E-state index is 0.146. The van der Waals surface area contributed by atoms with Crippen LogP contribution in [0.1, 0.15) is 24.0 Å². The van der Waals surface area contributed by atoms with Gasteiger partial charge in [0.05, 0.1) is 30.3 Å². The third-order valence-corrected chi connectivity index (χ3v) is 8.10. The van der Waals surface area contributed by atoms with Gasteiger partial charge in [0.2, 0.25) is 17.7 Å². The number of fused-ring (bicyclic) bond motifs is 7. The van der Waals surface area contributed by atoms with Crippen LogP contribution in [-0.4, -0.2) is 42.3 Å². The van der Waals surface area contributed by atoms with E-state index >= 15 is 0 Å². The summed E-state index contributed by atoms with van der Waals surface area (Å²) in [6, 6.07) is 10.3. The van der Waals surface area contributed by atoms with E-state index in [-0.39, 0.29) is 23.8 Å². The number of nitrogens with zero attached hydrogens (tertiary/aromatic N) is 2. The Morgan fingerprint density at radius 1 is 1.09 bits per heavy atom. The third kappa shape index (κ3) is 2.18. The van der Waals surface area contributed by atoms with Crippen LogP contribution in [0.15, 0.2) is 36.4 Å². The number of carbonyl (C=O) groups is 3. The Hall–Kier alpha value is -2.90. The number of ether oxygens (including phenoxy) is 1. The predicted molar refractivity (Wildman–Crippen MR) is 119 cm³/mol. The molecule has 6 rings (SSSR count). The van der Waals surface area contributed by atoms with E-state index in [0.717, 1.165) is 24.0 Å². The van der Waals surface area contributed by atoms with Crippen molar-refractivity contribution >= 4 is 40.7 Å². The second-order valence-electron chi connectivity index (χ2n) is 8.93. The molecule has 4 aliphatic rings. The van der Waals surface area contributed by atoms with Crippen molar-refractivity contribution in [3.63, 3.8) is 0 Å². The first-order valence-electron chi connectivity index (χ1n) is 10.8. The molecule has 7 nitrogen and oxygen atoms in total. The van der Waals surface area contributed by atoms with Crippen molar-refractivity contribution < 1.29 is 19.1 Å². The molecule has 0 aliphatic carbocycles. The number of halogens is 1. The fourth-order valence-electron chi connectivity index (χ4n) is 6.38. The normalized spacial score (nSPS) is 30.7. The fourth-order valence-corrected chi connectivity index (χ4v) is 6.53. The van der Waals surface area contributed by atoms with E-state index in [1.54, 1.807) is 37.4 Å². The average molecular weight is 452 g/mol. The summed E-state index contributed by atoms with van der Waals surface area (Å²) in [7, 11) is 1.56. The van der Waals surface area contributed by atoms with Crippen LogP contribution in [-0.2, 0) is 19.9 Å². The van der Waals surface area contributed by atoms with Crippen molar-refractivity contribution in [2.45, 2.75) is 31.3 Å². The highest BCUT2D eigenvalue weighted by molar-refractivity contribution is 6.32. The number of hydrogen-bond acceptors (Lipinski definition) is 5. The Labute approximate surface area is 190 Å². The summed E-state index contributed by atoms with van der Waals surface area (Å²) in [5, 5.41) is 3.56. The number of nitrogens with one attached hydrogen (secondary N) is 1. The molecular weight excluding hydrogens is 430 g/mol. The van der Waals surface area contributed by atoms with Gasteiger partial charge in [0.1, 0.15) is 11.3 Å². The van der Waals surface area contributed by atoms with Gasteiger partial charge in [-0.3, -0.25) is 19.3 Å². The number of hydrogen-bond donors (Lipinski definition) is 1. The van der Waals surface area contributed by atoms with Crippen LogP contribution in [0.3, 0.4) is 0 Å². The number of amides is 3. The molecule has 2 aromatic carbocycles. The highest BCUT2D eigenvalue weighted by Gasteiger charge is 2.74. The van der Waals surface area contributed by atoms with Gasteiger partial charge in [-0.15, -0.1) is 0 Å². The molecule has 0 radical (unpaired) electrons. The van der Waals surface area contributed by atoms with Crippen molar-refractivity contribution in [3.8, 4) is 5.75 Å². The molecule has 1 N–H and O–H groups in total. The van der Waals surface area contributed by atoms with E-state index in [2.05, 4.69) is 10.2 Å². The maximum absolute atomic E-state index is 13.9. The molecule has 3 fully saturated rings. The molecule has 0 saturated carbocycles. The van der Waals surface area contributed by atoms with Crippen LogP contribution in [0.2, 0.25) is 5.02 Å². The smallest absolute Gasteiger partial charge is 0.250 e. The van der Waals surface area contributed by atoms with Crippen molar-refractivity contribution in [3.05, 3.63) is 52.5 Å². The summed E-state index contributed by atoms with van der Waals surface area (Å²) < 4.78 is 5.21. The monoisotopic (exact) mass is 451 g/mol. The first-order chi connectivity index (χ1) is 15.4. The Bertz CT molecular complexity index is 1200. The summed E-state index contributed by atoms with van der Waals surface area (Å²) in [6.45, 7) is 2.54. The molecule has 0 bridgehead atoms. The second kappa shape index (κ2) is 6.56. The van der Waals surface area contributed by atoms with E-state index < -0.39 is 17.4 Å². The zero-order chi connectivity index (χ0) is 22.4. The van der Waals surface area contributed by atoms with Crippen LogP contribution in [0.5, 0.6) is 5.75 Å². The SMILES string of the molecule is COc1ccc(N2C(=O)[C@H]3[C@@H](C2=O)[C@@]2(C(=O)Nc4c2ccc(Cl)c4C)N2CCC[C@@H]32)cc1. The van der Waals surface area contributed by atoms with Gasteiger partial charge < -0.3 is 10.1 Å². The Morgan fingerprint density at radius 2 is 1.84 bits per heavy atom. The van der Waals surface area contributed by atoms with Gasteiger partial charge in [-0.05, 0) is 62.2 Å². The number of carbonyl (C=O) groups excluding carboxylic acids is 3. The molecule has 1 spiro atoms. The van der Waals surface area contributed by atoms with Crippen molar-refractivity contribution in [1.82, 2.24) is 4.90 Å². The fraction of sp³-hybridized carbons (Fsp3) is 0.375. The number of methoxy groups -OCH3 is 1. The zero-order valence-corrected chi connectivity index (χ0v) is 18.5. The Morgan fingerprint density at radius 3 is 2.56 bits per heavy atom. The van der Waals surface area contributed by atoms with E-state index in [0.29, 0.717) is 28.7 Å². The van der Waals surface area contributed by atoms with Gasteiger partial charge in [0.25, 0.3) is 0 Å². The van der Waals surface area contributed by atoms with E-state index in [9.17, 15) is 14.4 Å². The standard InChI is InChI=1S/C24H22ClN3O4/c1-12-16(25)10-9-15-20(12)26-23(31)24(15)19-18(17-4-3-11-27(17)24)21(29)28(22(19)30)13-5-7-14(32-2)8-6-13/h5-10,17-19H,3-4,11H2,1-2H3,(H,26,31)/t17-,18+,19-,24-/m0/s1. The summed E-state index contributed by atoms with van der Waals surface area (Å²) in [4.78, 5) is 44.6. The van der Waals surface area contributed by atoms with Crippen LogP contribution < -0.4 is 15.0 Å². The molecule has 4 atom stereocenters. The van der Waals surface area contributed by atoms with E-state index in [4.69, 9.17) is 16.3 Å². The highest BCUT2D eigenvalue weighted by atomic mass is 35.5. The quantitative estimate of drug-likeness (QED) is 0.710. The number of imide groups is 1.